The largest absolute Gasteiger partial charge is 0.496 e. The van der Waals surface area contributed by atoms with Gasteiger partial charge in [0.25, 0.3) is 0 Å². The molecule has 2 rings (SSSR count). The number of nitrogens with one attached hydrogen (secondary N) is 1. The maximum Gasteiger partial charge on any atom is 0.121 e. The summed E-state index contributed by atoms with van der Waals surface area (Å²) < 4.78 is 5.20. The highest BCUT2D eigenvalue weighted by Crippen LogP contribution is 2.25. The number of ether oxygens (including phenoxy) is 1. The van der Waals surface area contributed by atoms with E-state index in [1.165, 1.54) is 0 Å². The number of nitrogens with zero attached hydrogens (tertiary/aromatic N) is 2. The molecule has 0 atom stereocenters. The van der Waals surface area contributed by atoms with E-state index in [2.05, 4.69) is 16.4 Å². The van der Waals surface area contributed by atoms with Gasteiger partial charge < -0.3 is 10.1 Å². The van der Waals surface area contributed by atoms with Crippen LogP contribution >= 0.6 is 0 Å². The summed E-state index contributed by atoms with van der Waals surface area (Å²) in [6.07, 6.45) is 3.24. The van der Waals surface area contributed by atoms with Crippen molar-refractivity contribution in [3.05, 3.63) is 47.8 Å². The minimum absolute atomic E-state index is 0.568. The Hall–Kier alpha value is -2.54. The van der Waals surface area contributed by atoms with E-state index in [4.69, 9.17) is 10.00 Å². The number of benzene rings is 1. The lowest BCUT2D eigenvalue weighted by Gasteiger charge is -2.10. The third-order valence-corrected chi connectivity index (χ3v) is 2.62. The fourth-order valence-corrected chi connectivity index (χ4v) is 1.70. The summed E-state index contributed by atoms with van der Waals surface area (Å²) in [5, 5.41) is 12.2. The Morgan fingerprint density at radius 1 is 1.33 bits per heavy atom. The smallest absolute Gasteiger partial charge is 0.121 e. The third kappa shape index (κ3) is 2.41. The average Bonchev–Trinajstić information content (AvgIpc) is 2.39. The summed E-state index contributed by atoms with van der Waals surface area (Å²) in [5.74, 6) is 0.840. The summed E-state index contributed by atoms with van der Waals surface area (Å²) in [4.78, 5) is 4.01. The maximum absolute atomic E-state index is 9.00. The van der Waals surface area contributed by atoms with Crippen molar-refractivity contribution in [3.63, 3.8) is 0 Å². The Kier molecular flexibility index (Phi) is 3.44. The van der Waals surface area contributed by atoms with Crippen molar-refractivity contribution in [1.29, 1.82) is 5.26 Å². The Morgan fingerprint density at radius 2 is 2.17 bits per heavy atom. The number of rotatable bonds is 3. The molecule has 0 amide bonds. The molecule has 1 N–H and O–H groups in total. The normalized spacial score (nSPS) is 9.61. The average molecular weight is 239 g/mol. The molecule has 0 aliphatic rings. The first-order valence-electron chi connectivity index (χ1n) is 5.50. The minimum atomic E-state index is 0.568. The third-order valence-electron chi connectivity index (χ3n) is 2.62. The lowest BCUT2D eigenvalue weighted by atomic mass is 10.2. The Morgan fingerprint density at radius 3 is 2.83 bits per heavy atom. The van der Waals surface area contributed by atoms with Gasteiger partial charge in [0, 0.05) is 11.9 Å². The van der Waals surface area contributed by atoms with E-state index in [9.17, 15) is 0 Å². The minimum Gasteiger partial charge on any atom is -0.496 e. The Labute approximate surface area is 106 Å². The fourth-order valence-electron chi connectivity index (χ4n) is 1.70. The van der Waals surface area contributed by atoms with Crippen LogP contribution in [0.5, 0.6) is 5.75 Å². The standard InChI is InChI=1S/C14H13N3O/c1-10-7-12(3-4-14(10)18-2)17-13-9-16-6-5-11(13)8-15/h3-7,9,17H,1-2H3. The van der Waals surface area contributed by atoms with Crippen LogP contribution in [0.25, 0.3) is 0 Å². The molecule has 1 heterocycles. The maximum atomic E-state index is 9.00. The summed E-state index contributed by atoms with van der Waals surface area (Å²) in [6.45, 7) is 1.97. The lowest BCUT2D eigenvalue weighted by Crippen LogP contribution is -1.95. The van der Waals surface area contributed by atoms with E-state index in [1.807, 2.05) is 25.1 Å². The van der Waals surface area contributed by atoms with E-state index in [0.717, 1.165) is 17.0 Å². The van der Waals surface area contributed by atoms with Crippen LogP contribution in [0.1, 0.15) is 11.1 Å². The molecule has 90 valence electrons. The van der Waals surface area contributed by atoms with Crippen LogP contribution < -0.4 is 10.1 Å². The van der Waals surface area contributed by atoms with Gasteiger partial charge in [-0.05, 0) is 36.8 Å². The Bertz CT molecular complexity index is 602. The molecule has 4 heteroatoms. The molecule has 0 radical (unpaired) electrons. The molecule has 0 saturated carbocycles. The van der Waals surface area contributed by atoms with Crippen LogP contribution in [0.4, 0.5) is 11.4 Å². The van der Waals surface area contributed by atoms with Crippen molar-refractivity contribution in [2.75, 3.05) is 12.4 Å². The van der Waals surface area contributed by atoms with Gasteiger partial charge in [-0.2, -0.15) is 5.26 Å². The summed E-state index contributed by atoms with van der Waals surface area (Å²) in [5.41, 5.74) is 3.20. The number of hydrogen-bond acceptors (Lipinski definition) is 4. The molecule has 18 heavy (non-hydrogen) atoms. The number of aromatic nitrogens is 1. The van der Waals surface area contributed by atoms with Gasteiger partial charge in [0.2, 0.25) is 0 Å². The van der Waals surface area contributed by atoms with Crippen LogP contribution in [-0.2, 0) is 0 Å². The highest BCUT2D eigenvalue weighted by molar-refractivity contribution is 5.66. The molecule has 0 bridgehead atoms. The number of methoxy groups -OCH3 is 1. The number of nitriles is 1. The molecule has 0 aliphatic carbocycles. The second-order valence-electron chi connectivity index (χ2n) is 3.84. The quantitative estimate of drug-likeness (QED) is 0.894. The van der Waals surface area contributed by atoms with Crippen LogP contribution in [0.15, 0.2) is 36.7 Å². The van der Waals surface area contributed by atoms with Crippen molar-refractivity contribution in [3.8, 4) is 11.8 Å². The predicted molar refractivity (Wildman–Crippen MR) is 70.0 cm³/mol. The Balaban J connectivity index is 2.29. The zero-order valence-corrected chi connectivity index (χ0v) is 10.3. The highest BCUT2D eigenvalue weighted by Gasteiger charge is 2.04. The number of anilines is 2. The van der Waals surface area contributed by atoms with Crippen molar-refractivity contribution >= 4 is 11.4 Å². The van der Waals surface area contributed by atoms with Crippen LogP contribution in [0.2, 0.25) is 0 Å². The van der Waals surface area contributed by atoms with Gasteiger partial charge in [-0.1, -0.05) is 0 Å². The van der Waals surface area contributed by atoms with Crippen molar-refractivity contribution in [2.24, 2.45) is 0 Å². The van der Waals surface area contributed by atoms with Gasteiger partial charge in [-0.3, -0.25) is 4.98 Å². The molecule has 0 unspecified atom stereocenters. The fraction of sp³-hybridized carbons (Fsp3) is 0.143. The van der Waals surface area contributed by atoms with Crippen LogP contribution in [0, 0.1) is 18.3 Å². The van der Waals surface area contributed by atoms with Gasteiger partial charge >= 0.3 is 0 Å². The van der Waals surface area contributed by atoms with Gasteiger partial charge in [0.1, 0.15) is 11.8 Å². The second-order valence-corrected chi connectivity index (χ2v) is 3.84. The first-order chi connectivity index (χ1) is 8.74. The highest BCUT2D eigenvalue weighted by atomic mass is 16.5. The second kappa shape index (κ2) is 5.19. The molecule has 0 aliphatic heterocycles. The predicted octanol–water partition coefficient (Wildman–Crippen LogP) is 3.01. The van der Waals surface area contributed by atoms with Crippen LogP contribution in [-0.4, -0.2) is 12.1 Å². The monoisotopic (exact) mass is 239 g/mol. The van der Waals surface area contributed by atoms with Gasteiger partial charge in [0.05, 0.1) is 24.6 Å². The number of hydrogen-bond donors (Lipinski definition) is 1. The van der Waals surface area contributed by atoms with E-state index < -0.39 is 0 Å². The zero-order valence-electron chi connectivity index (χ0n) is 10.3. The molecular weight excluding hydrogens is 226 g/mol. The summed E-state index contributed by atoms with van der Waals surface area (Å²) in [6, 6.07) is 9.56. The number of pyridine rings is 1. The molecule has 1 aromatic carbocycles. The van der Waals surface area contributed by atoms with Gasteiger partial charge in [-0.25, -0.2) is 0 Å². The van der Waals surface area contributed by atoms with E-state index in [-0.39, 0.29) is 0 Å². The van der Waals surface area contributed by atoms with Gasteiger partial charge in [0.15, 0.2) is 0 Å². The molecule has 1 aromatic heterocycles. The summed E-state index contributed by atoms with van der Waals surface area (Å²) >= 11 is 0. The SMILES string of the molecule is COc1ccc(Nc2cnccc2C#N)cc1C. The topological polar surface area (TPSA) is 57.9 Å². The molecule has 0 saturated heterocycles. The first kappa shape index (κ1) is 11.9. The molecule has 2 aromatic rings. The van der Waals surface area contributed by atoms with Crippen LogP contribution in [0.3, 0.4) is 0 Å². The van der Waals surface area contributed by atoms with Gasteiger partial charge in [-0.15, -0.1) is 0 Å². The first-order valence-corrected chi connectivity index (χ1v) is 5.50. The molecule has 4 nitrogen and oxygen atoms in total. The van der Waals surface area contributed by atoms with Crippen molar-refractivity contribution in [1.82, 2.24) is 4.98 Å². The van der Waals surface area contributed by atoms with E-state index in [1.54, 1.807) is 25.6 Å². The van der Waals surface area contributed by atoms with Crippen molar-refractivity contribution < 1.29 is 4.74 Å². The van der Waals surface area contributed by atoms with E-state index in [0.29, 0.717) is 11.3 Å². The number of aryl methyl sites for hydroxylation is 1. The molecule has 0 spiro atoms. The molecular formula is C14H13N3O. The lowest BCUT2D eigenvalue weighted by molar-refractivity contribution is 0.412. The summed E-state index contributed by atoms with van der Waals surface area (Å²) in [7, 11) is 1.64. The van der Waals surface area contributed by atoms with E-state index >= 15 is 0 Å². The molecule has 0 fully saturated rings. The van der Waals surface area contributed by atoms with Crippen molar-refractivity contribution in [2.45, 2.75) is 6.92 Å². The zero-order chi connectivity index (χ0) is 13.0.